The first-order valence-corrected chi connectivity index (χ1v) is 29.6. The van der Waals surface area contributed by atoms with Crippen LogP contribution in [0.1, 0.15) is 121 Å². The molecule has 20 nitrogen and oxygen atoms in total. The number of ether oxygens (including phenoxy) is 6. The highest BCUT2D eigenvalue weighted by molar-refractivity contribution is 5.82. The number of ketones is 2. The first kappa shape index (κ1) is 72.6. The maximum atomic E-state index is 12.9. The Kier molecular flexibility index (Phi) is 35.6. The van der Waals surface area contributed by atoms with Gasteiger partial charge in [0.2, 0.25) is 11.8 Å². The highest BCUT2D eigenvalue weighted by Gasteiger charge is 2.33. The number of esters is 3. The first-order valence-electron chi connectivity index (χ1n) is 29.6. The SMILES string of the molecule is C.CCC(=O)OCC1CN(C(=O)CCCC(=O)OCc2ccccc2)CCN1CC(=O)CCc1ccc(OC)cc1.CCCCCC(=O)CN1CCN(C(=O)CCNC(=O)OCc2ccccc2)CC1COC(=O)CC.COc1ccc(CN)cc1. The lowest BCUT2D eigenvalue weighted by Gasteiger charge is -2.40. The van der Waals surface area contributed by atoms with Crippen LogP contribution in [-0.2, 0) is 78.7 Å². The van der Waals surface area contributed by atoms with Gasteiger partial charge in [0.05, 0.1) is 39.4 Å². The van der Waals surface area contributed by atoms with E-state index in [1.807, 2.05) is 119 Å². The molecule has 3 N–H and O–H groups in total. The molecular weight excluding hydrogens is 1100 g/mol. The van der Waals surface area contributed by atoms with Crippen LogP contribution in [-0.4, -0.2) is 165 Å². The number of methoxy groups -OCH3 is 2. The topological polar surface area (TPSA) is 243 Å². The van der Waals surface area contributed by atoms with Crippen molar-refractivity contribution in [3.05, 3.63) is 131 Å². The molecule has 2 atom stereocenters. The average molecular weight is 1200 g/mol. The minimum atomic E-state index is -0.572. The van der Waals surface area contributed by atoms with Crippen LogP contribution in [0.3, 0.4) is 0 Å². The maximum absolute atomic E-state index is 12.9. The number of hydrogen-bond donors (Lipinski definition) is 2. The zero-order valence-corrected chi connectivity index (χ0v) is 50.5. The van der Waals surface area contributed by atoms with Crippen molar-refractivity contribution in [2.75, 3.05) is 86.3 Å². The highest BCUT2D eigenvalue weighted by Crippen LogP contribution is 2.18. The van der Waals surface area contributed by atoms with E-state index in [2.05, 4.69) is 12.2 Å². The fourth-order valence-electron chi connectivity index (χ4n) is 9.13. The van der Waals surface area contributed by atoms with Crippen molar-refractivity contribution in [3.8, 4) is 11.5 Å². The van der Waals surface area contributed by atoms with E-state index in [9.17, 15) is 38.4 Å². The van der Waals surface area contributed by atoms with E-state index in [-0.39, 0.29) is 132 Å². The lowest BCUT2D eigenvalue weighted by Crippen LogP contribution is -2.57. The molecule has 2 fully saturated rings. The van der Waals surface area contributed by atoms with Crippen LogP contribution in [0.5, 0.6) is 11.5 Å². The molecule has 0 bridgehead atoms. The van der Waals surface area contributed by atoms with Crippen molar-refractivity contribution in [3.63, 3.8) is 0 Å². The summed E-state index contributed by atoms with van der Waals surface area (Å²) >= 11 is 0. The van der Waals surface area contributed by atoms with Crippen molar-refractivity contribution < 1.29 is 66.8 Å². The number of nitrogens with one attached hydrogen (secondary N) is 1. The van der Waals surface area contributed by atoms with Crippen LogP contribution in [0.2, 0.25) is 0 Å². The van der Waals surface area contributed by atoms with Gasteiger partial charge in [-0.05, 0) is 65.8 Å². The number of amides is 3. The molecule has 0 spiro atoms. The number of alkyl carbamates (subject to hydrolysis) is 1. The summed E-state index contributed by atoms with van der Waals surface area (Å²) in [6.07, 6.45) is 5.42. The second kappa shape index (κ2) is 42.2. The molecule has 20 heteroatoms. The summed E-state index contributed by atoms with van der Waals surface area (Å²) < 4.78 is 31.3. The minimum absolute atomic E-state index is 0. The summed E-state index contributed by atoms with van der Waals surface area (Å²) in [6, 6.07) is 33.7. The fourth-order valence-corrected chi connectivity index (χ4v) is 9.13. The number of carbonyl (C=O) groups is 8. The second-order valence-electron chi connectivity index (χ2n) is 20.7. The van der Waals surface area contributed by atoms with Crippen LogP contribution in [0, 0.1) is 0 Å². The molecule has 472 valence electrons. The lowest BCUT2D eigenvalue weighted by molar-refractivity contribution is -0.148. The number of nitrogens with two attached hydrogens (primary N) is 1. The number of piperazine rings is 2. The molecule has 0 radical (unpaired) electrons. The Bertz CT molecular complexity index is 2600. The molecule has 4 aromatic carbocycles. The van der Waals surface area contributed by atoms with Gasteiger partial charge < -0.3 is 49.3 Å². The Morgan fingerprint density at radius 3 is 1.45 bits per heavy atom. The van der Waals surface area contributed by atoms with Gasteiger partial charge in [0.1, 0.15) is 49.5 Å². The van der Waals surface area contributed by atoms with Gasteiger partial charge in [-0.15, -0.1) is 0 Å². The van der Waals surface area contributed by atoms with Gasteiger partial charge in [-0.3, -0.25) is 43.4 Å². The number of nitrogens with zero attached hydrogens (tertiary/aromatic N) is 4. The van der Waals surface area contributed by atoms with E-state index in [1.54, 1.807) is 37.9 Å². The Morgan fingerprint density at radius 1 is 0.500 bits per heavy atom. The zero-order chi connectivity index (χ0) is 61.6. The Labute approximate surface area is 509 Å². The third-order valence-electron chi connectivity index (χ3n) is 14.3. The summed E-state index contributed by atoms with van der Waals surface area (Å²) in [5.74, 6) is 0.789. The average Bonchev–Trinajstić information content (AvgIpc) is 3.74. The second-order valence-corrected chi connectivity index (χ2v) is 20.7. The molecule has 2 heterocycles. The predicted octanol–water partition coefficient (Wildman–Crippen LogP) is 8.28. The van der Waals surface area contributed by atoms with E-state index >= 15 is 0 Å². The summed E-state index contributed by atoms with van der Waals surface area (Å²) in [6.45, 7) is 10.2. The number of rotatable bonds is 31. The van der Waals surface area contributed by atoms with Gasteiger partial charge in [-0.2, -0.15) is 0 Å². The minimum Gasteiger partial charge on any atom is -0.497 e. The Morgan fingerprint density at radius 2 is 0.977 bits per heavy atom. The first-order chi connectivity index (χ1) is 41.2. The largest absolute Gasteiger partial charge is 0.497 e. The third kappa shape index (κ3) is 28.9. The van der Waals surface area contributed by atoms with E-state index in [0.29, 0.717) is 78.0 Å². The van der Waals surface area contributed by atoms with Gasteiger partial charge in [-0.25, -0.2) is 4.79 Å². The summed E-state index contributed by atoms with van der Waals surface area (Å²) in [7, 11) is 3.27. The monoisotopic (exact) mass is 1190 g/mol. The number of unbranched alkanes of at least 4 members (excludes halogenated alkanes) is 2. The van der Waals surface area contributed by atoms with Gasteiger partial charge in [-0.1, -0.05) is 126 Å². The Hall–Kier alpha value is -7.68. The van der Waals surface area contributed by atoms with Crippen molar-refractivity contribution in [2.24, 2.45) is 5.73 Å². The summed E-state index contributed by atoms with van der Waals surface area (Å²) in [5.41, 5.74) is 9.38. The molecule has 4 aromatic rings. The van der Waals surface area contributed by atoms with Crippen LogP contribution in [0.15, 0.2) is 109 Å². The number of Topliss-reactive ketones (excluding diaryl/α,β-unsaturated/α-hetero) is 2. The normalized spacial score (nSPS) is 14.7. The van der Waals surface area contributed by atoms with Crippen LogP contribution < -0.4 is 20.5 Å². The number of carbonyl (C=O) groups excluding carboxylic acids is 8. The molecule has 0 saturated carbocycles. The molecule has 2 aliphatic heterocycles. The van der Waals surface area contributed by atoms with Gasteiger partial charge in [0.15, 0.2) is 0 Å². The quantitative estimate of drug-likeness (QED) is 0.0273. The van der Waals surface area contributed by atoms with Gasteiger partial charge >= 0.3 is 24.0 Å². The third-order valence-corrected chi connectivity index (χ3v) is 14.3. The van der Waals surface area contributed by atoms with Crippen molar-refractivity contribution in [1.29, 1.82) is 0 Å². The van der Waals surface area contributed by atoms with Crippen molar-refractivity contribution >= 4 is 47.4 Å². The molecular formula is C66H94N6O14. The van der Waals surface area contributed by atoms with Gasteiger partial charge in [0, 0.05) is 97.3 Å². The number of benzene rings is 4. The standard InChI is InChI=1S/C31H40N2O7.C26H39N3O6.C8H11NO.CH4/c1-3-30(36)40-23-26-20-33(29(35)10-7-11-31(37)39-22-25-8-5-4-6-9-25)19-18-32(26)21-27(34)15-12-24-13-16-28(38-2)17-14-24;1-3-5-7-12-23(30)18-28-15-16-29(17-22(28)20-34-25(32)4-2)24(31)13-14-27-26(33)35-19-21-10-8-6-9-11-21;1-10-8-4-2-7(6-9)3-5-8;/h4-6,8-9,13-14,16-17,26H,3,7,10-12,15,18-23H2,1-2H3;6,8-11,22H,3-5,7,12-20H2,1-2H3,(H,27,33);2-5H,6,9H2,1H3;1H4. The fraction of sp³-hybridized carbons (Fsp3) is 0.515. The lowest BCUT2D eigenvalue weighted by atomic mass is 10.1. The molecule has 2 unspecified atom stereocenters. The summed E-state index contributed by atoms with van der Waals surface area (Å²) in [4.78, 5) is 106. The molecule has 2 aliphatic rings. The predicted molar refractivity (Wildman–Crippen MR) is 329 cm³/mol. The zero-order valence-electron chi connectivity index (χ0n) is 50.5. The summed E-state index contributed by atoms with van der Waals surface area (Å²) in [5, 5.41) is 2.61. The number of hydrogen-bond acceptors (Lipinski definition) is 17. The smallest absolute Gasteiger partial charge is 0.407 e. The molecule has 6 rings (SSSR count). The van der Waals surface area contributed by atoms with E-state index in [0.717, 1.165) is 53.0 Å². The van der Waals surface area contributed by atoms with Crippen LogP contribution in [0.4, 0.5) is 4.79 Å². The number of aryl methyl sites for hydroxylation is 1. The molecule has 0 aliphatic carbocycles. The van der Waals surface area contributed by atoms with Crippen molar-refractivity contribution in [2.45, 2.75) is 137 Å². The van der Waals surface area contributed by atoms with Crippen LogP contribution in [0.25, 0.3) is 0 Å². The molecule has 3 amide bonds. The molecule has 0 aromatic heterocycles. The van der Waals surface area contributed by atoms with E-state index < -0.39 is 6.09 Å². The van der Waals surface area contributed by atoms with Gasteiger partial charge in [0.25, 0.3) is 0 Å². The van der Waals surface area contributed by atoms with Crippen molar-refractivity contribution in [1.82, 2.24) is 24.9 Å². The Balaban J connectivity index is 0.000000385. The molecule has 86 heavy (non-hydrogen) atoms. The maximum Gasteiger partial charge on any atom is 0.407 e. The molecule has 2 saturated heterocycles. The van der Waals surface area contributed by atoms with Crippen LogP contribution >= 0.6 is 0 Å². The van der Waals surface area contributed by atoms with E-state index in [1.165, 1.54) is 0 Å². The highest BCUT2D eigenvalue weighted by atomic mass is 16.6. The van der Waals surface area contributed by atoms with E-state index in [4.69, 9.17) is 34.2 Å².